The number of anilines is 2. The van der Waals surface area contributed by atoms with Gasteiger partial charge < -0.3 is 10.6 Å². The van der Waals surface area contributed by atoms with E-state index < -0.39 is 6.04 Å². The van der Waals surface area contributed by atoms with E-state index in [0.717, 1.165) is 21.8 Å². The van der Waals surface area contributed by atoms with Crippen LogP contribution in [0.3, 0.4) is 0 Å². The number of hydrogen-bond acceptors (Lipinski definition) is 5. The topological polar surface area (TPSA) is 71.8 Å². The normalized spacial score (nSPS) is 12.1. The Balaban J connectivity index is 1.44. The number of amides is 1. The minimum atomic E-state index is -0.401. The van der Waals surface area contributed by atoms with Crippen LogP contribution < -0.4 is 10.6 Å². The van der Waals surface area contributed by atoms with Crippen molar-refractivity contribution in [2.45, 2.75) is 19.9 Å². The summed E-state index contributed by atoms with van der Waals surface area (Å²) in [6, 6.07) is 15.5. The second-order valence-electron chi connectivity index (χ2n) is 6.80. The molecule has 28 heavy (non-hydrogen) atoms. The zero-order valence-corrected chi connectivity index (χ0v) is 16.7. The third kappa shape index (κ3) is 3.89. The van der Waals surface area contributed by atoms with E-state index >= 15 is 0 Å². The maximum Gasteiger partial charge on any atom is 0.246 e. The molecular weight excluding hydrogens is 370 g/mol. The minimum Gasteiger partial charge on any atom is -0.357 e. The van der Waals surface area contributed by atoms with Crippen LogP contribution >= 0.6 is 11.3 Å². The Bertz CT molecular complexity index is 1130. The van der Waals surface area contributed by atoms with Crippen LogP contribution in [-0.4, -0.2) is 26.7 Å². The Morgan fingerprint density at radius 1 is 1.14 bits per heavy atom. The highest BCUT2D eigenvalue weighted by atomic mass is 32.1. The second-order valence-corrected chi connectivity index (χ2v) is 7.83. The first-order valence-electron chi connectivity index (χ1n) is 9.02. The highest BCUT2D eigenvalue weighted by Crippen LogP contribution is 2.31. The summed E-state index contributed by atoms with van der Waals surface area (Å²) < 4.78 is 2.87. The third-order valence-electron chi connectivity index (χ3n) is 4.41. The monoisotopic (exact) mass is 391 g/mol. The maximum absolute atomic E-state index is 12.4. The molecule has 1 unspecified atom stereocenters. The van der Waals surface area contributed by atoms with Crippen LogP contribution in [0.5, 0.6) is 0 Å². The number of aromatic nitrogens is 3. The molecule has 1 amide bonds. The smallest absolute Gasteiger partial charge is 0.246 e. The molecule has 0 radical (unpaired) electrons. The van der Waals surface area contributed by atoms with Gasteiger partial charge in [-0.1, -0.05) is 6.07 Å². The molecule has 2 N–H and O–H groups in total. The molecule has 2 aromatic heterocycles. The van der Waals surface area contributed by atoms with Crippen molar-refractivity contribution in [2.75, 3.05) is 10.6 Å². The Morgan fingerprint density at radius 2 is 1.93 bits per heavy atom. The predicted octanol–water partition coefficient (Wildman–Crippen LogP) is 4.44. The van der Waals surface area contributed by atoms with Crippen molar-refractivity contribution < 1.29 is 4.79 Å². The number of rotatable bonds is 5. The van der Waals surface area contributed by atoms with Gasteiger partial charge in [-0.2, -0.15) is 5.10 Å². The summed E-state index contributed by atoms with van der Waals surface area (Å²) in [4.78, 5) is 17.1. The van der Waals surface area contributed by atoms with Crippen LogP contribution in [0.4, 0.5) is 11.5 Å². The lowest BCUT2D eigenvalue weighted by molar-refractivity contribution is -0.116. The Morgan fingerprint density at radius 3 is 2.64 bits per heavy atom. The number of aryl methyl sites for hydroxylation is 2. The van der Waals surface area contributed by atoms with Crippen molar-refractivity contribution in [1.82, 2.24) is 14.8 Å². The summed E-state index contributed by atoms with van der Waals surface area (Å²) in [7, 11) is 1.84. The number of benzene rings is 2. The fourth-order valence-corrected chi connectivity index (χ4v) is 3.95. The van der Waals surface area contributed by atoms with E-state index in [0.29, 0.717) is 5.82 Å². The second kappa shape index (κ2) is 7.44. The molecule has 1 atom stereocenters. The van der Waals surface area contributed by atoms with Gasteiger partial charge in [-0.05, 0) is 55.8 Å². The van der Waals surface area contributed by atoms with Crippen LogP contribution in [0, 0.1) is 6.92 Å². The molecule has 0 spiro atoms. The fourth-order valence-electron chi connectivity index (χ4n) is 2.88. The van der Waals surface area contributed by atoms with Crippen LogP contribution in [0.15, 0.2) is 54.7 Å². The van der Waals surface area contributed by atoms with Gasteiger partial charge in [-0.3, -0.25) is 9.48 Å². The molecule has 4 aromatic rings. The zero-order chi connectivity index (χ0) is 19.7. The number of fused-ring (bicyclic) bond motifs is 1. The van der Waals surface area contributed by atoms with Gasteiger partial charge in [0.25, 0.3) is 0 Å². The molecule has 6 nitrogen and oxygen atoms in total. The number of carbonyl (C=O) groups excluding carboxylic acids is 1. The van der Waals surface area contributed by atoms with Gasteiger partial charge in [0, 0.05) is 30.6 Å². The largest absolute Gasteiger partial charge is 0.357 e. The van der Waals surface area contributed by atoms with Gasteiger partial charge >= 0.3 is 0 Å². The molecule has 0 aliphatic heterocycles. The predicted molar refractivity (Wildman–Crippen MR) is 115 cm³/mol. The molecule has 2 heterocycles. The number of hydrogen-bond donors (Lipinski definition) is 2. The molecule has 0 fully saturated rings. The van der Waals surface area contributed by atoms with E-state index in [1.807, 2.05) is 50.5 Å². The highest BCUT2D eigenvalue weighted by molar-refractivity contribution is 7.21. The fraction of sp³-hybridized carbons (Fsp3) is 0.190. The first kappa shape index (κ1) is 18.2. The minimum absolute atomic E-state index is 0.117. The van der Waals surface area contributed by atoms with Gasteiger partial charge in [-0.15, -0.1) is 11.3 Å². The molecule has 0 saturated carbocycles. The van der Waals surface area contributed by atoms with Crippen molar-refractivity contribution in [3.05, 3.63) is 60.3 Å². The van der Waals surface area contributed by atoms with Crippen molar-refractivity contribution in [3.8, 4) is 10.6 Å². The molecule has 4 rings (SSSR count). The van der Waals surface area contributed by atoms with E-state index in [4.69, 9.17) is 4.98 Å². The average molecular weight is 392 g/mol. The molecule has 0 aliphatic carbocycles. The van der Waals surface area contributed by atoms with Gasteiger partial charge in [0.2, 0.25) is 5.91 Å². The van der Waals surface area contributed by atoms with E-state index in [1.54, 1.807) is 16.0 Å². The highest BCUT2D eigenvalue weighted by Gasteiger charge is 2.14. The lowest BCUT2D eigenvalue weighted by Gasteiger charge is -2.13. The SMILES string of the molecule is Cc1ccc2nc(-c3ccc(NC(=O)C(C)Nc4ccn(C)n4)cc3)sc2c1. The molecule has 0 saturated heterocycles. The molecular formula is C21H21N5OS. The summed E-state index contributed by atoms with van der Waals surface area (Å²) in [6.45, 7) is 3.89. The van der Waals surface area contributed by atoms with Gasteiger partial charge in [0.05, 0.1) is 10.2 Å². The third-order valence-corrected chi connectivity index (χ3v) is 5.48. The van der Waals surface area contributed by atoms with Crippen LogP contribution in [0.25, 0.3) is 20.8 Å². The Kier molecular flexibility index (Phi) is 4.83. The van der Waals surface area contributed by atoms with E-state index in [-0.39, 0.29) is 5.91 Å². The summed E-state index contributed by atoms with van der Waals surface area (Å²) in [5.41, 5.74) is 4.03. The quantitative estimate of drug-likeness (QED) is 0.527. The maximum atomic E-state index is 12.4. The summed E-state index contributed by atoms with van der Waals surface area (Å²) in [5, 5.41) is 11.2. The van der Waals surface area contributed by atoms with Gasteiger partial charge in [0.15, 0.2) is 0 Å². The van der Waals surface area contributed by atoms with Crippen molar-refractivity contribution in [2.24, 2.45) is 7.05 Å². The molecule has 0 aliphatic rings. The average Bonchev–Trinajstić information content (AvgIpc) is 3.27. The lowest BCUT2D eigenvalue weighted by atomic mass is 10.2. The van der Waals surface area contributed by atoms with Gasteiger partial charge in [0.1, 0.15) is 16.9 Å². The van der Waals surface area contributed by atoms with Gasteiger partial charge in [-0.25, -0.2) is 4.98 Å². The van der Waals surface area contributed by atoms with Crippen molar-refractivity contribution in [1.29, 1.82) is 0 Å². The summed E-state index contributed by atoms with van der Waals surface area (Å²) >= 11 is 1.68. The zero-order valence-electron chi connectivity index (χ0n) is 15.9. The van der Waals surface area contributed by atoms with E-state index in [2.05, 4.69) is 40.9 Å². The molecule has 2 aromatic carbocycles. The van der Waals surface area contributed by atoms with Crippen molar-refractivity contribution in [3.63, 3.8) is 0 Å². The lowest BCUT2D eigenvalue weighted by Crippen LogP contribution is -2.32. The number of carbonyl (C=O) groups is 1. The van der Waals surface area contributed by atoms with Crippen molar-refractivity contribution >= 4 is 39.0 Å². The Hall–Kier alpha value is -3.19. The van der Waals surface area contributed by atoms with Crippen LogP contribution in [0.1, 0.15) is 12.5 Å². The summed E-state index contributed by atoms with van der Waals surface area (Å²) in [6.07, 6.45) is 1.83. The molecule has 7 heteroatoms. The number of thiazole rings is 1. The summed E-state index contributed by atoms with van der Waals surface area (Å²) in [5.74, 6) is 0.556. The standard InChI is InChI=1S/C21H21N5OS/c1-13-4-9-17-18(12-13)28-21(24-17)15-5-7-16(8-6-15)23-20(27)14(2)22-19-10-11-26(3)25-19/h4-12,14H,1-3H3,(H,22,25)(H,23,27). The molecule has 142 valence electrons. The van der Waals surface area contributed by atoms with Crippen LogP contribution in [0.2, 0.25) is 0 Å². The Labute approximate surface area is 167 Å². The van der Waals surface area contributed by atoms with Crippen LogP contribution in [-0.2, 0) is 11.8 Å². The van der Waals surface area contributed by atoms with E-state index in [1.165, 1.54) is 10.3 Å². The number of nitrogens with zero attached hydrogens (tertiary/aromatic N) is 3. The molecule has 0 bridgehead atoms. The number of nitrogens with one attached hydrogen (secondary N) is 2. The first-order valence-corrected chi connectivity index (χ1v) is 9.84. The van der Waals surface area contributed by atoms with E-state index in [9.17, 15) is 4.79 Å². The first-order chi connectivity index (χ1) is 13.5.